The summed E-state index contributed by atoms with van der Waals surface area (Å²) in [4.78, 5) is 0. The molecule has 0 bridgehead atoms. The zero-order valence-corrected chi connectivity index (χ0v) is 13.8. The highest BCUT2D eigenvalue weighted by atomic mass is 16.5. The highest BCUT2D eigenvalue weighted by Crippen LogP contribution is 2.27. The van der Waals surface area contributed by atoms with E-state index in [1.54, 1.807) is 12.1 Å². The molecule has 0 aromatic heterocycles. The number of hydrogen-bond donors (Lipinski definition) is 0. The molecule has 1 unspecified atom stereocenters. The van der Waals surface area contributed by atoms with Crippen molar-refractivity contribution in [2.24, 2.45) is 0 Å². The molecule has 1 atom stereocenters. The van der Waals surface area contributed by atoms with E-state index in [0.717, 1.165) is 22.4 Å². The van der Waals surface area contributed by atoms with Gasteiger partial charge < -0.3 is 4.74 Å². The van der Waals surface area contributed by atoms with E-state index >= 15 is 0 Å². The Balaban J connectivity index is 2.03. The lowest BCUT2D eigenvalue weighted by Gasteiger charge is -2.15. The zero-order valence-electron chi connectivity index (χ0n) is 13.8. The highest BCUT2D eigenvalue weighted by Gasteiger charge is 2.12. The van der Waals surface area contributed by atoms with Crippen LogP contribution in [0.25, 0.3) is 0 Å². The summed E-state index contributed by atoms with van der Waals surface area (Å²) in [6.45, 7) is 6.64. The lowest BCUT2D eigenvalue weighted by Crippen LogP contribution is -2.06. The number of ether oxygens (including phenoxy) is 1. The van der Waals surface area contributed by atoms with Crippen molar-refractivity contribution in [3.63, 3.8) is 0 Å². The molecule has 0 aliphatic heterocycles. The molecule has 0 saturated carbocycles. The van der Waals surface area contributed by atoms with E-state index in [0.29, 0.717) is 18.6 Å². The number of aryl methyl sites for hydroxylation is 2. The molecule has 0 N–H and O–H groups in total. The van der Waals surface area contributed by atoms with Crippen LogP contribution in [0.1, 0.15) is 40.2 Å². The van der Waals surface area contributed by atoms with Crippen molar-refractivity contribution in [3.05, 3.63) is 64.2 Å². The third-order valence-electron chi connectivity index (χ3n) is 4.12. The highest BCUT2D eigenvalue weighted by molar-refractivity contribution is 5.44. The Kier molecular flexibility index (Phi) is 5.39. The average molecular weight is 304 g/mol. The summed E-state index contributed by atoms with van der Waals surface area (Å²) in [5.41, 5.74) is 4.99. The van der Waals surface area contributed by atoms with Crippen molar-refractivity contribution < 1.29 is 4.74 Å². The summed E-state index contributed by atoms with van der Waals surface area (Å²) in [6.07, 6.45) is 0.620. The molecule has 23 heavy (non-hydrogen) atoms. The fourth-order valence-corrected chi connectivity index (χ4v) is 2.52. The molecule has 0 saturated heterocycles. The van der Waals surface area contributed by atoms with Gasteiger partial charge in [0, 0.05) is 6.42 Å². The number of hydrogen-bond acceptors (Lipinski definition) is 3. The second kappa shape index (κ2) is 7.47. The van der Waals surface area contributed by atoms with Crippen LogP contribution >= 0.6 is 0 Å². The first-order valence-electron chi connectivity index (χ1n) is 7.66. The summed E-state index contributed by atoms with van der Waals surface area (Å²) in [7, 11) is 0. The molecule has 0 aliphatic rings. The van der Waals surface area contributed by atoms with Gasteiger partial charge in [0.1, 0.15) is 5.75 Å². The average Bonchev–Trinajstić information content (AvgIpc) is 2.58. The van der Waals surface area contributed by atoms with Crippen LogP contribution < -0.4 is 4.74 Å². The van der Waals surface area contributed by atoms with E-state index in [1.807, 2.05) is 19.1 Å². The third-order valence-corrected chi connectivity index (χ3v) is 4.12. The number of rotatable bonds is 5. The Morgan fingerprint density at radius 3 is 2.22 bits per heavy atom. The molecule has 3 heteroatoms. The third kappa shape index (κ3) is 3.90. The van der Waals surface area contributed by atoms with Gasteiger partial charge in [0.05, 0.1) is 30.2 Å². The van der Waals surface area contributed by atoms with Gasteiger partial charge in [-0.25, -0.2) is 0 Å². The van der Waals surface area contributed by atoms with Crippen LogP contribution in [0.3, 0.4) is 0 Å². The molecular formula is C20H20N2O. The van der Waals surface area contributed by atoms with Gasteiger partial charge in [0.25, 0.3) is 0 Å². The topological polar surface area (TPSA) is 56.8 Å². The Bertz CT molecular complexity index is 764. The minimum atomic E-state index is -0.229. The van der Waals surface area contributed by atoms with Gasteiger partial charge in [-0.2, -0.15) is 10.5 Å². The summed E-state index contributed by atoms with van der Waals surface area (Å²) in [6, 6.07) is 15.7. The SMILES string of the molecule is Cc1ccc(C)c(OCCC(C#N)c2ccc(C#N)cc2)c1C. The molecular weight excluding hydrogens is 284 g/mol. The van der Waals surface area contributed by atoms with Gasteiger partial charge in [-0.1, -0.05) is 24.3 Å². The van der Waals surface area contributed by atoms with Crippen LogP contribution in [0.5, 0.6) is 5.75 Å². The summed E-state index contributed by atoms with van der Waals surface area (Å²) in [5.74, 6) is 0.690. The standard InChI is InChI=1S/C20H20N2O/c1-14-4-5-15(2)20(16(14)3)23-11-10-19(13-22)18-8-6-17(12-21)7-9-18/h4-9,19H,10-11H2,1-3H3. The normalized spacial score (nSPS) is 11.3. The monoisotopic (exact) mass is 304 g/mol. The predicted molar refractivity (Wildman–Crippen MR) is 90.3 cm³/mol. The van der Waals surface area contributed by atoms with Gasteiger partial charge in [-0.3, -0.25) is 0 Å². The predicted octanol–water partition coefficient (Wildman–Crippen LogP) is 4.56. The van der Waals surface area contributed by atoms with Crippen LogP contribution in [-0.4, -0.2) is 6.61 Å². The molecule has 3 nitrogen and oxygen atoms in total. The first-order valence-corrected chi connectivity index (χ1v) is 7.66. The van der Waals surface area contributed by atoms with Crippen molar-refractivity contribution in [1.82, 2.24) is 0 Å². The molecule has 0 aliphatic carbocycles. The van der Waals surface area contributed by atoms with Gasteiger partial charge in [0.15, 0.2) is 0 Å². The Hall–Kier alpha value is -2.78. The molecule has 0 spiro atoms. The Morgan fingerprint density at radius 2 is 1.61 bits per heavy atom. The van der Waals surface area contributed by atoms with E-state index in [1.165, 1.54) is 5.56 Å². The van der Waals surface area contributed by atoms with Crippen LogP contribution in [0.15, 0.2) is 36.4 Å². The number of nitriles is 2. The molecule has 2 aromatic rings. The minimum absolute atomic E-state index is 0.229. The van der Waals surface area contributed by atoms with Crippen molar-refractivity contribution in [3.8, 4) is 17.9 Å². The van der Waals surface area contributed by atoms with E-state index in [-0.39, 0.29) is 5.92 Å². The lowest BCUT2D eigenvalue weighted by atomic mass is 9.97. The number of nitrogens with zero attached hydrogens (tertiary/aromatic N) is 2. The summed E-state index contributed by atoms with van der Waals surface area (Å²) in [5, 5.41) is 18.2. The van der Waals surface area contributed by atoms with Crippen molar-refractivity contribution >= 4 is 0 Å². The van der Waals surface area contributed by atoms with Gasteiger partial charge in [0.2, 0.25) is 0 Å². The summed E-state index contributed by atoms with van der Waals surface area (Å²) >= 11 is 0. The molecule has 0 heterocycles. The fourth-order valence-electron chi connectivity index (χ4n) is 2.52. The van der Waals surface area contributed by atoms with Gasteiger partial charge in [-0.05, 0) is 55.2 Å². The second-order valence-electron chi connectivity index (χ2n) is 5.71. The van der Waals surface area contributed by atoms with E-state index < -0.39 is 0 Å². The maximum Gasteiger partial charge on any atom is 0.125 e. The minimum Gasteiger partial charge on any atom is -0.493 e. The van der Waals surface area contributed by atoms with Crippen LogP contribution in [0.2, 0.25) is 0 Å². The first-order chi connectivity index (χ1) is 11.1. The molecule has 2 rings (SSSR count). The lowest BCUT2D eigenvalue weighted by molar-refractivity contribution is 0.302. The van der Waals surface area contributed by atoms with Crippen molar-refractivity contribution in [2.75, 3.05) is 6.61 Å². The molecule has 0 fully saturated rings. The maximum atomic E-state index is 9.39. The van der Waals surface area contributed by atoms with Crippen molar-refractivity contribution in [2.45, 2.75) is 33.1 Å². The smallest absolute Gasteiger partial charge is 0.125 e. The Labute approximate surface area is 137 Å². The van der Waals surface area contributed by atoms with E-state index in [2.05, 4.69) is 38.1 Å². The van der Waals surface area contributed by atoms with Crippen LogP contribution in [0.4, 0.5) is 0 Å². The molecule has 116 valence electrons. The molecule has 0 amide bonds. The maximum absolute atomic E-state index is 9.39. The molecule has 2 aromatic carbocycles. The molecule has 0 radical (unpaired) electrons. The largest absolute Gasteiger partial charge is 0.493 e. The van der Waals surface area contributed by atoms with Crippen LogP contribution in [0, 0.1) is 43.4 Å². The first kappa shape index (κ1) is 16.6. The second-order valence-corrected chi connectivity index (χ2v) is 5.71. The summed E-state index contributed by atoms with van der Waals surface area (Å²) < 4.78 is 5.94. The van der Waals surface area contributed by atoms with E-state index in [9.17, 15) is 5.26 Å². The van der Waals surface area contributed by atoms with Crippen LogP contribution in [-0.2, 0) is 0 Å². The van der Waals surface area contributed by atoms with Gasteiger partial charge >= 0.3 is 0 Å². The number of benzene rings is 2. The zero-order chi connectivity index (χ0) is 16.8. The Morgan fingerprint density at radius 1 is 0.957 bits per heavy atom. The quantitative estimate of drug-likeness (QED) is 0.813. The van der Waals surface area contributed by atoms with E-state index in [4.69, 9.17) is 10.00 Å². The van der Waals surface area contributed by atoms with Gasteiger partial charge in [-0.15, -0.1) is 0 Å². The van der Waals surface area contributed by atoms with Crippen molar-refractivity contribution in [1.29, 1.82) is 10.5 Å². The fraction of sp³-hybridized carbons (Fsp3) is 0.300.